The molecule has 0 saturated carbocycles. The second-order valence-electron chi connectivity index (χ2n) is 8.74. The normalized spacial score (nSPS) is 17.3. The van der Waals surface area contributed by atoms with Gasteiger partial charge in [0.15, 0.2) is 5.17 Å². The Morgan fingerprint density at radius 2 is 1.97 bits per heavy atom. The summed E-state index contributed by atoms with van der Waals surface area (Å²) in [6.07, 6.45) is 1.63. The predicted octanol–water partition coefficient (Wildman–Crippen LogP) is 5.91. The second kappa shape index (κ2) is 11.4. The van der Waals surface area contributed by atoms with E-state index in [4.69, 9.17) is 9.73 Å². The maximum atomic E-state index is 13.5. The van der Waals surface area contributed by atoms with Crippen LogP contribution in [0.25, 0.3) is 10.8 Å². The minimum absolute atomic E-state index is 0.0680. The summed E-state index contributed by atoms with van der Waals surface area (Å²) >= 11 is 1.28. The molecule has 0 aliphatic carbocycles. The van der Waals surface area contributed by atoms with Crippen LogP contribution in [0, 0.1) is 10.1 Å². The number of nitrogens with one attached hydrogen (secondary N) is 1. The number of methoxy groups -OCH3 is 1. The first kappa shape index (κ1) is 26.2. The number of nitrogens with zero attached hydrogens (tertiary/aromatic N) is 3. The maximum Gasteiger partial charge on any atom is 0.273 e. The summed E-state index contributed by atoms with van der Waals surface area (Å²) in [5.74, 6) is -0.382. The molecule has 0 spiro atoms. The Morgan fingerprint density at radius 3 is 2.70 bits per heavy atom. The van der Waals surface area contributed by atoms with E-state index in [1.807, 2.05) is 49.4 Å². The third-order valence-electron chi connectivity index (χ3n) is 6.14. The minimum Gasteiger partial charge on any atom is -0.494 e. The first-order valence-corrected chi connectivity index (χ1v) is 12.9. The number of ether oxygens (including phenoxy) is 1. The van der Waals surface area contributed by atoms with Crippen molar-refractivity contribution in [2.45, 2.75) is 44.4 Å². The van der Waals surface area contributed by atoms with Crippen LogP contribution in [0.2, 0.25) is 0 Å². The molecule has 192 valence electrons. The van der Waals surface area contributed by atoms with Crippen molar-refractivity contribution >= 4 is 56.6 Å². The molecule has 0 bridgehead atoms. The topological polar surface area (TPSA) is 114 Å². The van der Waals surface area contributed by atoms with Gasteiger partial charge in [-0.1, -0.05) is 61.5 Å². The number of amides is 2. The zero-order chi connectivity index (χ0) is 26.5. The largest absolute Gasteiger partial charge is 0.494 e. The Labute approximate surface area is 219 Å². The van der Waals surface area contributed by atoms with Crippen LogP contribution in [0.3, 0.4) is 0 Å². The molecule has 4 rings (SSSR count). The van der Waals surface area contributed by atoms with Crippen molar-refractivity contribution in [3.05, 3.63) is 70.8 Å². The molecular weight excluding hydrogens is 492 g/mol. The van der Waals surface area contributed by atoms with E-state index in [0.29, 0.717) is 10.9 Å². The number of nitro benzene ring substituents is 1. The highest BCUT2D eigenvalue weighted by Gasteiger charge is 2.41. The summed E-state index contributed by atoms with van der Waals surface area (Å²) in [7, 11) is 1.37. The highest BCUT2D eigenvalue weighted by molar-refractivity contribution is 8.15. The quantitative estimate of drug-likeness (QED) is 0.277. The van der Waals surface area contributed by atoms with Gasteiger partial charge < -0.3 is 10.1 Å². The number of nitro groups is 1. The lowest BCUT2D eigenvalue weighted by Gasteiger charge is -2.24. The monoisotopic (exact) mass is 520 g/mol. The standard InChI is InChI=1S/C27H28N4O5S/c1-4-8-17(2)30-26(33)24(16-25(32)28-22-14-13-19(31(34)35)15-23(22)36-3)37-27(30)29-21-12-7-10-18-9-5-6-11-20(18)21/h5-7,9-15,17,24H,4,8,16H2,1-3H3,(H,28,32)/t17-,24+/m0/s1. The summed E-state index contributed by atoms with van der Waals surface area (Å²) < 4.78 is 5.20. The molecule has 1 heterocycles. The van der Waals surface area contributed by atoms with Crippen LogP contribution in [0.1, 0.15) is 33.1 Å². The van der Waals surface area contributed by atoms with Gasteiger partial charge in [0.2, 0.25) is 11.8 Å². The van der Waals surface area contributed by atoms with E-state index in [-0.39, 0.29) is 29.8 Å². The molecule has 3 aromatic carbocycles. The van der Waals surface area contributed by atoms with Gasteiger partial charge in [-0.3, -0.25) is 24.6 Å². The number of hydrogen-bond acceptors (Lipinski definition) is 7. The van der Waals surface area contributed by atoms with Gasteiger partial charge >= 0.3 is 0 Å². The third kappa shape index (κ3) is 5.75. The maximum absolute atomic E-state index is 13.5. The fraction of sp³-hybridized carbons (Fsp3) is 0.296. The van der Waals surface area contributed by atoms with E-state index in [9.17, 15) is 19.7 Å². The van der Waals surface area contributed by atoms with Gasteiger partial charge in [-0.2, -0.15) is 0 Å². The van der Waals surface area contributed by atoms with Gasteiger partial charge in [-0.15, -0.1) is 0 Å². The number of thioether (sulfide) groups is 1. The lowest BCUT2D eigenvalue weighted by molar-refractivity contribution is -0.384. The van der Waals surface area contributed by atoms with Crippen LogP contribution >= 0.6 is 11.8 Å². The highest BCUT2D eigenvalue weighted by atomic mass is 32.2. The third-order valence-corrected chi connectivity index (χ3v) is 7.29. The zero-order valence-electron chi connectivity index (χ0n) is 20.8. The number of non-ortho nitro benzene ring substituents is 1. The SMILES string of the molecule is CCC[C@H](C)N1C(=O)[C@@H](CC(=O)Nc2ccc([N+](=O)[O-])cc2OC)SC1=Nc1cccc2ccccc12. The molecule has 2 amide bonds. The molecule has 9 nitrogen and oxygen atoms in total. The Morgan fingerprint density at radius 1 is 1.22 bits per heavy atom. The Hall–Kier alpha value is -3.92. The summed E-state index contributed by atoms with van der Waals surface area (Å²) in [5.41, 5.74) is 0.920. The van der Waals surface area contributed by atoms with Crippen molar-refractivity contribution < 1.29 is 19.2 Å². The first-order valence-electron chi connectivity index (χ1n) is 12.0. The van der Waals surface area contributed by atoms with Crippen LogP contribution < -0.4 is 10.1 Å². The number of carbonyl (C=O) groups excluding carboxylic acids is 2. The number of aliphatic imine (C=N–C) groups is 1. The molecular formula is C27H28N4O5S. The smallest absolute Gasteiger partial charge is 0.273 e. The number of amidine groups is 1. The van der Waals surface area contributed by atoms with Crippen LogP contribution in [0.15, 0.2) is 65.7 Å². The Kier molecular flexibility index (Phi) is 8.08. The molecule has 1 saturated heterocycles. The molecule has 2 atom stereocenters. The van der Waals surface area contributed by atoms with Crippen molar-refractivity contribution in [3.8, 4) is 5.75 Å². The van der Waals surface area contributed by atoms with Gasteiger partial charge in [-0.25, -0.2) is 4.99 Å². The molecule has 0 aromatic heterocycles. The lowest BCUT2D eigenvalue weighted by Crippen LogP contribution is -2.40. The molecule has 1 aliphatic rings. The minimum atomic E-state index is -0.642. The van der Waals surface area contributed by atoms with E-state index < -0.39 is 16.1 Å². The van der Waals surface area contributed by atoms with E-state index >= 15 is 0 Å². The summed E-state index contributed by atoms with van der Waals surface area (Å²) in [4.78, 5) is 43.5. The molecule has 1 fully saturated rings. The first-order chi connectivity index (χ1) is 17.8. The number of carbonyl (C=O) groups is 2. The summed E-state index contributed by atoms with van der Waals surface area (Å²) in [6, 6.07) is 17.7. The molecule has 1 N–H and O–H groups in total. The average Bonchev–Trinajstić information content (AvgIpc) is 3.18. The lowest BCUT2D eigenvalue weighted by atomic mass is 10.1. The predicted molar refractivity (Wildman–Crippen MR) is 147 cm³/mol. The van der Waals surface area contributed by atoms with Crippen LogP contribution in [0.4, 0.5) is 17.1 Å². The van der Waals surface area contributed by atoms with Crippen molar-refractivity contribution in [1.29, 1.82) is 0 Å². The second-order valence-corrected chi connectivity index (χ2v) is 9.91. The van der Waals surface area contributed by atoms with Crippen LogP contribution in [-0.2, 0) is 9.59 Å². The van der Waals surface area contributed by atoms with Gasteiger partial charge in [0.1, 0.15) is 11.0 Å². The van der Waals surface area contributed by atoms with E-state index in [0.717, 1.165) is 29.3 Å². The number of anilines is 1. The molecule has 10 heteroatoms. The van der Waals surface area contributed by atoms with E-state index in [1.54, 1.807) is 4.90 Å². The molecule has 0 unspecified atom stereocenters. The number of hydrogen-bond donors (Lipinski definition) is 1. The fourth-order valence-electron chi connectivity index (χ4n) is 4.32. The number of rotatable bonds is 9. The fourth-order valence-corrected chi connectivity index (χ4v) is 5.56. The molecule has 1 aliphatic heterocycles. The average molecular weight is 521 g/mol. The Balaban J connectivity index is 1.58. The zero-order valence-corrected chi connectivity index (χ0v) is 21.7. The molecule has 3 aromatic rings. The highest BCUT2D eigenvalue weighted by Crippen LogP contribution is 2.36. The van der Waals surface area contributed by atoms with E-state index in [2.05, 4.69) is 12.2 Å². The van der Waals surface area contributed by atoms with E-state index in [1.165, 1.54) is 37.1 Å². The van der Waals surface area contributed by atoms with Gasteiger partial charge in [0.25, 0.3) is 5.69 Å². The van der Waals surface area contributed by atoms with Gasteiger partial charge in [0, 0.05) is 23.9 Å². The van der Waals surface area contributed by atoms with Crippen LogP contribution in [-0.4, -0.2) is 45.2 Å². The Bertz CT molecular complexity index is 1370. The van der Waals surface area contributed by atoms with Crippen molar-refractivity contribution in [2.24, 2.45) is 4.99 Å². The molecule has 37 heavy (non-hydrogen) atoms. The molecule has 0 radical (unpaired) electrons. The number of benzene rings is 3. The van der Waals surface area contributed by atoms with Crippen LogP contribution in [0.5, 0.6) is 5.75 Å². The van der Waals surface area contributed by atoms with Crippen molar-refractivity contribution in [1.82, 2.24) is 4.90 Å². The van der Waals surface area contributed by atoms with Gasteiger partial charge in [-0.05, 0) is 30.9 Å². The summed E-state index contributed by atoms with van der Waals surface area (Å²) in [5, 5.41) is 15.7. The van der Waals surface area contributed by atoms with Crippen molar-refractivity contribution in [2.75, 3.05) is 12.4 Å². The summed E-state index contributed by atoms with van der Waals surface area (Å²) in [6.45, 7) is 4.05. The van der Waals surface area contributed by atoms with Gasteiger partial charge in [0.05, 0.1) is 29.5 Å². The van der Waals surface area contributed by atoms with Crippen molar-refractivity contribution in [3.63, 3.8) is 0 Å². The number of fused-ring (bicyclic) bond motifs is 1.